The van der Waals surface area contributed by atoms with E-state index in [-0.39, 0.29) is 12.2 Å². The van der Waals surface area contributed by atoms with Crippen LogP contribution in [-0.4, -0.2) is 83.8 Å². The van der Waals surface area contributed by atoms with E-state index in [1.165, 1.54) is 20.8 Å². The molecule has 3 rings (SSSR count). The number of hydrogen-bond donors (Lipinski definition) is 1. The third-order valence-electron chi connectivity index (χ3n) is 10.1. The second-order valence-electron chi connectivity index (χ2n) is 13.6. The molecule has 2 saturated carbocycles. The molecule has 2 aliphatic carbocycles. The van der Waals surface area contributed by atoms with E-state index in [0.717, 1.165) is 6.08 Å². The summed E-state index contributed by atoms with van der Waals surface area (Å²) >= 11 is 0. The van der Waals surface area contributed by atoms with Gasteiger partial charge in [-0.15, -0.1) is 0 Å². The van der Waals surface area contributed by atoms with Crippen molar-refractivity contribution in [1.82, 2.24) is 0 Å². The molecule has 264 valence electrons. The van der Waals surface area contributed by atoms with E-state index in [2.05, 4.69) is 6.58 Å². The highest BCUT2D eigenvalue weighted by Crippen LogP contribution is 2.60. The average molecular weight is 665 g/mol. The van der Waals surface area contributed by atoms with Gasteiger partial charge >= 0.3 is 29.8 Å². The molecule has 47 heavy (non-hydrogen) atoms. The van der Waals surface area contributed by atoms with Gasteiger partial charge in [0.1, 0.15) is 24.4 Å². The summed E-state index contributed by atoms with van der Waals surface area (Å²) < 4.78 is 36.0. The van der Waals surface area contributed by atoms with Crippen molar-refractivity contribution in [3.05, 3.63) is 23.8 Å². The van der Waals surface area contributed by atoms with Gasteiger partial charge in [-0.1, -0.05) is 34.3 Å². The highest BCUT2D eigenvalue weighted by atomic mass is 16.6. The summed E-state index contributed by atoms with van der Waals surface area (Å²) in [5.41, 5.74) is -0.265. The topological polar surface area (TPSA) is 164 Å². The minimum Gasteiger partial charge on any atom is -0.462 e. The fraction of sp³-hybridized carbons (Fsp3) is 0.743. The van der Waals surface area contributed by atoms with Crippen LogP contribution >= 0.6 is 0 Å². The molecule has 13 atom stereocenters. The molecule has 1 heterocycles. The molecular weight excluding hydrogens is 612 g/mol. The summed E-state index contributed by atoms with van der Waals surface area (Å²) in [6, 6.07) is 0. The third-order valence-corrected chi connectivity index (χ3v) is 10.1. The van der Waals surface area contributed by atoms with Gasteiger partial charge in [0.25, 0.3) is 0 Å². The van der Waals surface area contributed by atoms with Gasteiger partial charge in [-0.2, -0.15) is 0 Å². The molecule has 4 unspecified atom stereocenters. The quantitative estimate of drug-likeness (QED) is 0.0996. The smallest absolute Gasteiger partial charge is 0.331 e. The van der Waals surface area contributed by atoms with Crippen LogP contribution in [0, 0.1) is 35.5 Å². The molecule has 1 aliphatic heterocycles. The van der Waals surface area contributed by atoms with Crippen molar-refractivity contribution in [3.63, 3.8) is 0 Å². The first-order valence-electron chi connectivity index (χ1n) is 16.5. The Bertz CT molecular complexity index is 1250. The van der Waals surface area contributed by atoms with Crippen molar-refractivity contribution >= 4 is 29.8 Å². The van der Waals surface area contributed by atoms with E-state index in [1.807, 2.05) is 20.8 Å². The first kappa shape index (κ1) is 38.2. The van der Waals surface area contributed by atoms with Gasteiger partial charge in [-0.25, -0.2) is 4.79 Å². The van der Waals surface area contributed by atoms with Crippen LogP contribution in [0.2, 0.25) is 0 Å². The van der Waals surface area contributed by atoms with E-state index in [0.29, 0.717) is 18.4 Å². The summed E-state index contributed by atoms with van der Waals surface area (Å²) in [7, 11) is 0. The zero-order valence-corrected chi connectivity index (χ0v) is 29.3. The minimum absolute atomic E-state index is 0.274. The lowest BCUT2D eigenvalue weighted by atomic mass is 9.61. The number of aliphatic hydroxyl groups is 1. The number of aliphatic hydroxyl groups excluding tert-OH is 1. The van der Waals surface area contributed by atoms with E-state index < -0.39 is 108 Å². The van der Waals surface area contributed by atoms with Crippen molar-refractivity contribution in [1.29, 1.82) is 0 Å². The van der Waals surface area contributed by atoms with Gasteiger partial charge in [0.05, 0.1) is 30.1 Å². The summed E-state index contributed by atoms with van der Waals surface area (Å²) in [5.74, 6) is -6.93. The monoisotopic (exact) mass is 664 g/mol. The molecule has 0 amide bonds. The molecule has 12 heteroatoms. The summed E-state index contributed by atoms with van der Waals surface area (Å²) in [4.78, 5) is 65.0. The first-order chi connectivity index (χ1) is 21.9. The van der Waals surface area contributed by atoms with Gasteiger partial charge in [0, 0.05) is 37.7 Å². The van der Waals surface area contributed by atoms with E-state index in [4.69, 9.17) is 28.4 Å². The lowest BCUT2D eigenvalue weighted by molar-refractivity contribution is -0.185. The number of fused-ring (bicyclic) bond motifs is 1. The molecule has 3 fully saturated rings. The highest BCUT2D eigenvalue weighted by molar-refractivity contribution is 5.83. The van der Waals surface area contributed by atoms with Crippen molar-refractivity contribution < 1.29 is 57.5 Å². The third kappa shape index (κ3) is 8.43. The molecule has 0 aromatic rings. The summed E-state index contributed by atoms with van der Waals surface area (Å²) in [6.07, 6.45) is -4.17. The molecule has 1 N–H and O–H groups in total. The Kier molecular flexibility index (Phi) is 12.4. The Labute approximate surface area is 277 Å². The van der Waals surface area contributed by atoms with Crippen LogP contribution in [0.15, 0.2) is 23.8 Å². The Hall–Kier alpha value is -3.25. The predicted molar refractivity (Wildman–Crippen MR) is 168 cm³/mol. The number of hydrogen-bond acceptors (Lipinski definition) is 12. The maximum atomic E-state index is 13.4. The maximum Gasteiger partial charge on any atom is 0.331 e. The van der Waals surface area contributed by atoms with Crippen LogP contribution in [0.5, 0.6) is 0 Å². The van der Waals surface area contributed by atoms with Crippen LogP contribution in [0.25, 0.3) is 0 Å². The zero-order chi connectivity index (χ0) is 35.5. The predicted octanol–water partition coefficient (Wildman–Crippen LogP) is 3.86. The number of rotatable bonds is 13. The molecule has 12 nitrogen and oxygen atoms in total. The number of esters is 5. The molecule has 0 aromatic heterocycles. The maximum absolute atomic E-state index is 13.4. The fourth-order valence-corrected chi connectivity index (χ4v) is 6.87. The van der Waals surface area contributed by atoms with Crippen molar-refractivity contribution in [3.8, 4) is 0 Å². The van der Waals surface area contributed by atoms with E-state index >= 15 is 0 Å². The Morgan fingerprint density at radius 3 is 1.87 bits per heavy atom. The summed E-state index contributed by atoms with van der Waals surface area (Å²) in [5, 5.41) is 9.99. The van der Waals surface area contributed by atoms with Crippen LogP contribution in [0.4, 0.5) is 0 Å². The minimum atomic E-state index is -1.23. The fourth-order valence-electron chi connectivity index (χ4n) is 6.87. The Morgan fingerprint density at radius 2 is 1.43 bits per heavy atom. The van der Waals surface area contributed by atoms with Crippen molar-refractivity contribution in [2.24, 2.45) is 35.5 Å². The van der Waals surface area contributed by atoms with Crippen molar-refractivity contribution in [2.45, 2.75) is 124 Å². The van der Waals surface area contributed by atoms with Gasteiger partial charge in [-0.3, -0.25) is 19.2 Å². The van der Waals surface area contributed by atoms with Crippen LogP contribution in [0.3, 0.4) is 0 Å². The van der Waals surface area contributed by atoms with Crippen molar-refractivity contribution in [2.75, 3.05) is 6.61 Å². The van der Waals surface area contributed by atoms with Crippen LogP contribution in [0.1, 0.15) is 82.1 Å². The molecule has 0 bridgehead atoms. The molecule has 3 aliphatic rings. The highest BCUT2D eigenvalue weighted by Gasteiger charge is 2.71. The Morgan fingerprint density at radius 1 is 0.894 bits per heavy atom. The van der Waals surface area contributed by atoms with Gasteiger partial charge in [0.2, 0.25) is 0 Å². The lowest BCUT2D eigenvalue weighted by Crippen LogP contribution is -2.58. The average Bonchev–Trinajstić information content (AvgIpc) is 3.65. The lowest BCUT2D eigenvalue weighted by Gasteiger charge is -2.48. The standard InChI is InChI=1S/C35H52O12/c1-12-16(3)33(40)46-30-25-19(6)29(45-24(39)14-18(5)20(7)36)32(47-34(41)17(4)13-2)28(35(11)15-42-35)27(25)26(21(8)43-22(9)37)31(30)44-23(10)38/h14,16-17,20-21,25-32,36H,6,12-13,15H2,1-5,7-11H3/b18-14+/t16?,17?,20?,21?,25-,26+,27-,28-,29-,30-,31+,32+,35+/m0/s1. The molecule has 0 aromatic carbocycles. The van der Waals surface area contributed by atoms with E-state index in [1.54, 1.807) is 27.7 Å². The largest absolute Gasteiger partial charge is 0.462 e. The Balaban J connectivity index is 2.29. The zero-order valence-electron chi connectivity index (χ0n) is 29.3. The molecule has 1 saturated heterocycles. The van der Waals surface area contributed by atoms with Gasteiger partial charge < -0.3 is 33.5 Å². The molecule has 0 spiro atoms. The summed E-state index contributed by atoms with van der Waals surface area (Å²) in [6.45, 7) is 20.8. The van der Waals surface area contributed by atoms with Gasteiger partial charge in [-0.05, 0) is 57.6 Å². The van der Waals surface area contributed by atoms with E-state index in [9.17, 15) is 29.1 Å². The number of ether oxygens (including phenoxy) is 6. The second-order valence-corrected chi connectivity index (χ2v) is 13.6. The first-order valence-corrected chi connectivity index (χ1v) is 16.5. The van der Waals surface area contributed by atoms with Crippen LogP contribution in [-0.2, 0) is 52.4 Å². The molecule has 0 radical (unpaired) electrons. The normalized spacial score (nSPS) is 34.2. The molecular formula is C35H52O12. The number of carbonyl (C=O) groups is 5. The SMILES string of the molecule is C=C1[C@@H]2[C@H](OC(=O)C(C)CC)[C@H](OC(C)=O)[C@H](C(C)OC(C)=O)[C@H]2[C@H]([C@@]2(C)CO2)[C@@H](OC(=O)C(C)CC)[C@H]1OC(=O)/C=C(\C)C(C)O. The van der Waals surface area contributed by atoms with Gasteiger partial charge in [0.15, 0.2) is 6.10 Å². The number of epoxide rings is 1. The van der Waals surface area contributed by atoms with Crippen LogP contribution < -0.4 is 0 Å². The number of carbonyl (C=O) groups excluding carboxylic acids is 5. The second kappa shape index (κ2) is 15.3.